The van der Waals surface area contributed by atoms with Crippen molar-refractivity contribution in [1.82, 2.24) is 0 Å². The standard InChI is InChI=1S/C9H18N4O5/c10-8(11)13-4-2-5(14)9(12,7(17)18)3-1-6(15)16/h5,14H,1-4,12H2,(H,15,16)(H,17,18)(H4,10,11,13)/t5?,9-/m0/s1. The molecule has 0 bridgehead atoms. The molecule has 0 aromatic heterocycles. The first-order valence-electron chi connectivity index (χ1n) is 5.17. The van der Waals surface area contributed by atoms with Gasteiger partial charge in [0.25, 0.3) is 0 Å². The van der Waals surface area contributed by atoms with E-state index in [0.717, 1.165) is 0 Å². The molecular formula is C9H18N4O5. The van der Waals surface area contributed by atoms with Crippen LogP contribution in [0.15, 0.2) is 4.99 Å². The summed E-state index contributed by atoms with van der Waals surface area (Å²) in [6.07, 6.45) is -2.37. The summed E-state index contributed by atoms with van der Waals surface area (Å²) in [7, 11) is 0. The van der Waals surface area contributed by atoms with E-state index >= 15 is 0 Å². The monoisotopic (exact) mass is 262 g/mol. The topological polar surface area (TPSA) is 185 Å². The predicted molar refractivity (Wildman–Crippen MR) is 62.7 cm³/mol. The number of aliphatic carboxylic acids is 2. The maximum absolute atomic E-state index is 11.0. The van der Waals surface area contributed by atoms with Gasteiger partial charge in [-0.2, -0.15) is 0 Å². The molecule has 0 saturated heterocycles. The number of nitrogens with zero attached hydrogens (tertiary/aromatic N) is 1. The van der Waals surface area contributed by atoms with Crippen molar-refractivity contribution in [2.24, 2.45) is 22.2 Å². The van der Waals surface area contributed by atoms with E-state index in [1.165, 1.54) is 0 Å². The van der Waals surface area contributed by atoms with Crippen LogP contribution in [0.25, 0.3) is 0 Å². The smallest absolute Gasteiger partial charge is 0.326 e. The zero-order valence-electron chi connectivity index (χ0n) is 9.74. The van der Waals surface area contributed by atoms with Gasteiger partial charge in [0.05, 0.1) is 6.10 Å². The third kappa shape index (κ3) is 4.97. The molecular weight excluding hydrogens is 244 g/mol. The first-order chi connectivity index (χ1) is 8.20. The molecule has 0 spiro atoms. The average Bonchev–Trinajstić information content (AvgIpc) is 2.24. The molecule has 0 radical (unpaired) electrons. The minimum Gasteiger partial charge on any atom is -0.481 e. The van der Waals surface area contributed by atoms with Crippen molar-refractivity contribution >= 4 is 17.9 Å². The summed E-state index contributed by atoms with van der Waals surface area (Å²) in [5.74, 6) is -2.85. The minimum atomic E-state index is -2.03. The van der Waals surface area contributed by atoms with E-state index in [0.29, 0.717) is 0 Å². The lowest BCUT2D eigenvalue weighted by atomic mass is 9.86. The van der Waals surface area contributed by atoms with Crippen molar-refractivity contribution in [3.63, 3.8) is 0 Å². The van der Waals surface area contributed by atoms with Gasteiger partial charge in [0.1, 0.15) is 5.54 Å². The molecule has 0 aliphatic rings. The van der Waals surface area contributed by atoms with Crippen LogP contribution in [0.1, 0.15) is 19.3 Å². The number of hydrogen-bond acceptors (Lipinski definition) is 5. The van der Waals surface area contributed by atoms with E-state index in [-0.39, 0.29) is 25.3 Å². The molecule has 104 valence electrons. The fourth-order valence-electron chi connectivity index (χ4n) is 1.30. The van der Waals surface area contributed by atoms with Gasteiger partial charge in [0.2, 0.25) is 0 Å². The number of carboxylic acid groups (broad SMARTS) is 2. The predicted octanol–water partition coefficient (Wildman–Crippen LogP) is -2.34. The Bertz CT molecular complexity index is 342. The molecule has 9 N–H and O–H groups in total. The maximum Gasteiger partial charge on any atom is 0.326 e. The Labute approximate surface area is 103 Å². The van der Waals surface area contributed by atoms with Crippen molar-refractivity contribution in [3.05, 3.63) is 0 Å². The highest BCUT2D eigenvalue weighted by Gasteiger charge is 2.41. The molecule has 0 aliphatic carbocycles. The van der Waals surface area contributed by atoms with Crippen LogP contribution in [0.4, 0.5) is 0 Å². The van der Waals surface area contributed by atoms with Crippen molar-refractivity contribution in [2.45, 2.75) is 30.9 Å². The molecule has 0 rings (SSSR count). The molecule has 18 heavy (non-hydrogen) atoms. The lowest BCUT2D eigenvalue weighted by molar-refractivity contribution is -0.149. The van der Waals surface area contributed by atoms with E-state index in [2.05, 4.69) is 4.99 Å². The Kier molecular flexibility index (Phi) is 6.06. The highest BCUT2D eigenvalue weighted by atomic mass is 16.4. The van der Waals surface area contributed by atoms with Crippen LogP contribution in [-0.4, -0.2) is 51.4 Å². The molecule has 0 aromatic carbocycles. The van der Waals surface area contributed by atoms with Gasteiger partial charge in [-0.25, -0.2) is 0 Å². The van der Waals surface area contributed by atoms with Crippen molar-refractivity contribution in [2.75, 3.05) is 6.54 Å². The summed E-state index contributed by atoms with van der Waals surface area (Å²) in [5.41, 5.74) is 13.6. The van der Waals surface area contributed by atoms with E-state index in [9.17, 15) is 14.7 Å². The Morgan fingerprint density at radius 3 is 2.22 bits per heavy atom. The number of aliphatic hydroxyl groups is 1. The maximum atomic E-state index is 11.0. The lowest BCUT2D eigenvalue weighted by Gasteiger charge is -2.29. The molecule has 0 aliphatic heterocycles. The summed E-state index contributed by atoms with van der Waals surface area (Å²) >= 11 is 0. The number of hydrogen-bond donors (Lipinski definition) is 6. The molecule has 9 nitrogen and oxygen atoms in total. The number of aliphatic imine (C=N–C) groups is 1. The SMILES string of the molecule is NC(N)=NCCC(O)[C@@](N)(CCC(=O)O)C(=O)O. The summed E-state index contributed by atoms with van der Waals surface area (Å²) in [5, 5.41) is 27.2. The Hall–Kier alpha value is -1.87. The van der Waals surface area contributed by atoms with Gasteiger partial charge in [0.15, 0.2) is 5.96 Å². The highest BCUT2D eigenvalue weighted by Crippen LogP contribution is 2.18. The zero-order chi connectivity index (χ0) is 14.3. The summed E-state index contributed by atoms with van der Waals surface area (Å²) in [4.78, 5) is 25.0. The molecule has 0 amide bonds. The van der Waals surface area contributed by atoms with Crippen LogP contribution in [0.5, 0.6) is 0 Å². The van der Waals surface area contributed by atoms with Crippen LogP contribution < -0.4 is 17.2 Å². The van der Waals surface area contributed by atoms with Gasteiger partial charge >= 0.3 is 11.9 Å². The van der Waals surface area contributed by atoms with Gasteiger partial charge in [-0.1, -0.05) is 0 Å². The van der Waals surface area contributed by atoms with Gasteiger partial charge in [-0.15, -0.1) is 0 Å². The van der Waals surface area contributed by atoms with Crippen LogP contribution in [-0.2, 0) is 9.59 Å². The van der Waals surface area contributed by atoms with Crippen LogP contribution in [0.2, 0.25) is 0 Å². The van der Waals surface area contributed by atoms with Gasteiger partial charge in [-0.05, 0) is 12.8 Å². The number of guanidine groups is 1. The van der Waals surface area contributed by atoms with E-state index in [4.69, 9.17) is 27.4 Å². The summed E-state index contributed by atoms with van der Waals surface area (Å²) < 4.78 is 0. The second-order valence-corrected chi connectivity index (χ2v) is 3.85. The van der Waals surface area contributed by atoms with Crippen molar-refractivity contribution < 1.29 is 24.9 Å². The third-order valence-corrected chi connectivity index (χ3v) is 2.44. The summed E-state index contributed by atoms with van der Waals surface area (Å²) in [6, 6.07) is 0. The quantitative estimate of drug-likeness (QED) is 0.207. The Morgan fingerprint density at radius 2 is 1.83 bits per heavy atom. The van der Waals surface area contributed by atoms with Crippen molar-refractivity contribution in [3.8, 4) is 0 Å². The molecule has 9 heteroatoms. The first-order valence-corrected chi connectivity index (χ1v) is 5.17. The number of nitrogens with two attached hydrogens (primary N) is 3. The van der Waals surface area contributed by atoms with Gasteiger partial charge in [0, 0.05) is 13.0 Å². The van der Waals surface area contributed by atoms with E-state index in [1.54, 1.807) is 0 Å². The molecule has 1 unspecified atom stereocenters. The van der Waals surface area contributed by atoms with E-state index in [1.807, 2.05) is 0 Å². The van der Waals surface area contributed by atoms with Gasteiger partial charge < -0.3 is 32.5 Å². The fourth-order valence-corrected chi connectivity index (χ4v) is 1.30. The minimum absolute atomic E-state index is 0.00278. The van der Waals surface area contributed by atoms with E-state index < -0.39 is 30.0 Å². The number of carbonyl (C=O) groups is 2. The van der Waals surface area contributed by atoms with Crippen LogP contribution in [0.3, 0.4) is 0 Å². The Morgan fingerprint density at radius 1 is 1.28 bits per heavy atom. The van der Waals surface area contributed by atoms with Gasteiger partial charge in [-0.3, -0.25) is 14.6 Å². The van der Waals surface area contributed by atoms with Crippen molar-refractivity contribution in [1.29, 1.82) is 0 Å². The largest absolute Gasteiger partial charge is 0.481 e. The lowest BCUT2D eigenvalue weighted by Crippen LogP contribution is -2.57. The summed E-state index contributed by atoms with van der Waals surface area (Å²) in [6.45, 7) is 0.00278. The highest BCUT2D eigenvalue weighted by molar-refractivity contribution is 5.80. The average molecular weight is 262 g/mol. The number of rotatable bonds is 8. The molecule has 0 aromatic rings. The zero-order valence-corrected chi connectivity index (χ0v) is 9.74. The molecule has 0 heterocycles. The normalized spacial score (nSPS) is 15.4. The third-order valence-electron chi connectivity index (χ3n) is 2.44. The molecule has 0 fully saturated rings. The first kappa shape index (κ1) is 16.1. The Balaban J connectivity index is 4.61. The second kappa shape index (κ2) is 6.77. The number of aliphatic hydroxyl groups excluding tert-OH is 1. The second-order valence-electron chi connectivity index (χ2n) is 3.85. The molecule has 0 saturated carbocycles. The fraction of sp³-hybridized carbons (Fsp3) is 0.667. The number of carboxylic acids is 2. The van der Waals surface area contributed by atoms with Crippen LogP contribution in [0, 0.1) is 0 Å². The van der Waals surface area contributed by atoms with Crippen LogP contribution >= 0.6 is 0 Å². The molecule has 2 atom stereocenters.